The predicted octanol–water partition coefficient (Wildman–Crippen LogP) is 4.76. The molecule has 0 aliphatic heterocycles. The van der Waals surface area contributed by atoms with E-state index in [9.17, 15) is 22.8 Å². The van der Waals surface area contributed by atoms with Crippen molar-refractivity contribution in [2.45, 2.75) is 70.0 Å². The number of unbranched alkanes of at least 4 members (excludes halogenated alkanes) is 5. The van der Waals surface area contributed by atoms with Crippen LogP contribution in [0.5, 0.6) is 5.75 Å². The normalized spacial score (nSPS) is 14.4. The van der Waals surface area contributed by atoms with Crippen LogP contribution in [-0.4, -0.2) is 30.5 Å². The van der Waals surface area contributed by atoms with E-state index in [1.807, 2.05) is 0 Å². The fourth-order valence-corrected chi connectivity index (χ4v) is 3.33. The Morgan fingerprint density at radius 2 is 1.83 bits per heavy atom. The van der Waals surface area contributed by atoms with Crippen LogP contribution in [0.25, 0.3) is 0 Å². The van der Waals surface area contributed by atoms with Crippen molar-refractivity contribution >= 4 is 8.69 Å². The molecule has 2 unspecified atom stereocenters. The smallest absolute Gasteiger partial charge is 0.419 e. The third-order valence-electron chi connectivity index (χ3n) is 4.77. The minimum absolute atomic E-state index is 0.117. The zero-order valence-electron chi connectivity index (χ0n) is 17.0. The van der Waals surface area contributed by atoms with E-state index in [4.69, 9.17) is 15.0 Å². The zero-order chi connectivity index (χ0) is 21.8. The van der Waals surface area contributed by atoms with Crippen molar-refractivity contribution in [3.8, 4) is 5.75 Å². The summed E-state index contributed by atoms with van der Waals surface area (Å²) in [5.41, 5.74) is 4.43. The first-order valence-corrected chi connectivity index (χ1v) is 11.0. The second-order valence-electron chi connectivity index (χ2n) is 7.37. The Bertz CT molecular complexity index is 616. The van der Waals surface area contributed by atoms with Crippen LogP contribution in [0.1, 0.15) is 63.0 Å². The minimum atomic E-state index is -4.53. The first-order chi connectivity index (χ1) is 13.8. The topological polar surface area (TPSA) is 81.8 Å². The number of ether oxygens (including phenoxy) is 1. The molecule has 0 heterocycles. The van der Waals surface area contributed by atoms with Gasteiger partial charge in [-0.2, -0.15) is 13.2 Å². The lowest BCUT2D eigenvalue weighted by Gasteiger charge is -2.26. The van der Waals surface area contributed by atoms with Crippen molar-refractivity contribution in [1.29, 1.82) is 0 Å². The average molecular weight is 439 g/mol. The van der Waals surface area contributed by atoms with Gasteiger partial charge in [-0.15, -0.1) is 0 Å². The van der Waals surface area contributed by atoms with Crippen LogP contribution in [0.3, 0.4) is 0 Å². The highest BCUT2D eigenvalue weighted by Crippen LogP contribution is 2.37. The fraction of sp³-hybridized carbons (Fsp3) is 0.700. The van der Waals surface area contributed by atoms with Crippen molar-refractivity contribution in [2.75, 3.05) is 19.8 Å². The van der Waals surface area contributed by atoms with E-state index in [1.54, 1.807) is 6.07 Å². The maximum Gasteiger partial charge on any atom is 0.419 e. The molecular weight excluding hydrogens is 406 g/mol. The van der Waals surface area contributed by atoms with E-state index in [0.717, 1.165) is 38.2 Å². The Balaban J connectivity index is 2.70. The number of hydrogen-bond acceptors (Lipinski definition) is 5. The standard InChI is InChI=1S/C20H33F3NO4P/c1-2-3-4-5-6-7-12-27-18-9-8-16(13-17(18)20(21,22)23)10-11-19(24,14-25)15-28-29-26/h8-9,13,25H,2-7,10-12,14-15,24,29H2,1H3. The lowest BCUT2D eigenvalue weighted by molar-refractivity contribution is -0.139. The third-order valence-corrected chi connectivity index (χ3v) is 5.07. The second kappa shape index (κ2) is 13.3. The predicted molar refractivity (Wildman–Crippen MR) is 109 cm³/mol. The number of alkyl halides is 3. The largest absolute Gasteiger partial charge is 0.493 e. The molecule has 9 heteroatoms. The summed E-state index contributed by atoms with van der Waals surface area (Å²) in [6.07, 6.45) is 2.05. The van der Waals surface area contributed by atoms with Gasteiger partial charge < -0.3 is 20.1 Å². The molecule has 1 aromatic rings. The quantitative estimate of drug-likeness (QED) is 0.304. The van der Waals surface area contributed by atoms with Gasteiger partial charge in [0.05, 0.1) is 30.9 Å². The Kier molecular flexibility index (Phi) is 11.9. The van der Waals surface area contributed by atoms with Gasteiger partial charge in [0.2, 0.25) is 0 Å². The Labute approximate surface area is 172 Å². The maximum atomic E-state index is 13.5. The fourth-order valence-electron chi connectivity index (χ4n) is 2.93. The lowest BCUT2D eigenvalue weighted by Crippen LogP contribution is -2.47. The summed E-state index contributed by atoms with van der Waals surface area (Å²) in [7, 11) is -1.46. The molecule has 1 rings (SSSR count). The van der Waals surface area contributed by atoms with Gasteiger partial charge in [-0.3, -0.25) is 4.57 Å². The molecule has 3 N–H and O–H groups in total. The van der Waals surface area contributed by atoms with E-state index in [1.165, 1.54) is 12.5 Å². The second-order valence-corrected chi connectivity index (χ2v) is 7.90. The molecule has 0 saturated heterocycles. The molecular formula is C20H33F3NO4P. The monoisotopic (exact) mass is 439 g/mol. The van der Waals surface area contributed by atoms with Crippen LogP contribution in [0.15, 0.2) is 18.2 Å². The number of halogens is 3. The molecule has 0 aliphatic carbocycles. The molecule has 0 radical (unpaired) electrons. The Hall–Kier alpha value is -1.08. The number of hydrogen-bond donors (Lipinski definition) is 2. The molecule has 0 aliphatic rings. The SMILES string of the molecule is CCCCCCCCOc1ccc(CCC(N)(CO)CO[PH2]=O)cc1C(F)(F)F. The molecule has 0 spiro atoms. The highest BCUT2D eigenvalue weighted by molar-refractivity contribution is 7.17. The highest BCUT2D eigenvalue weighted by atomic mass is 31.1. The molecule has 29 heavy (non-hydrogen) atoms. The van der Waals surface area contributed by atoms with Crippen LogP contribution in [0, 0.1) is 0 Å². The third kappa shape index (κ3) is 9.98. The van der Waals surface area contributed by atoms with Gasteiger partial charge in [0, 0.05) is 0 Å². The van der Waals surface area contributed by atoms with E-state index < -0.39 is 32.6 Å². The molecule has 0 bridgehead atoms. The maximum absolute atomic E-state index is 13.5. The van der Waals surface area contributed by atoms with Crippen molar-refractivity contribution in [3.63, 3.8) is 0 Å². The lowest BCUT2D eigenvalue weighted by atomic mass is 9.93. The van der Waals surface area contributed by atoms with Crippen molar-refractivity contribution in [3.05, 3.63) is 29.3 Å². The Morgan fingerprint density at radius 1 is 1.14 bits per heavy atom. The summed E-state index contributed by atoms with van der Waals surface area (Å²) in [4.78, 5) is 0. The van der Waals surface area contributed by atoms with Gasteiger partial charge in [0.25, 0.3) is 0 Å². The molecule has 0 amide bonds. The van der Waals surface area contributed by atoms with Crippen LogP contribution in [0.2, 0.25) is 0 Å². The summed E-state index contributed by atoms with van der Waals surface area (Å²) in [6.45, 7) is 1.84. The van der Waals surface area contributed by atoms with Crippen LogP contribution >= 0.6 is 8.69 Å². The van der Waals surface area contributed by atoms with E-state index in [2.05, 4.69) is 6.92 Å². The Morgan fingerprint density at radius 3 is 2.45 bits per heavy atom. The molecule has 0 fully saturated rings. The molecule has 2 atom stereocenters. The summed E-state index contributed by atoms with van der Waals surface area (Å²) in [6, 6.07) is 3.97. The number of aryl methyl sites for hydroxylation is 1. The van der Waals surface area contributed by atoms with Crippen molar-refractivity contribution < 1.29 is 32.1 Å². The first-order valence-electron chi connectivity index (χ1n) is 10.0. The summed E-state index contributed by atoms with van der Waals surface area (Å²) >= 11 is 0. The minimum Gasteiger partial charge on any atom is -0.493 e. The number of benzene rings is 1. The number of nitrogens with two attached hydrogens (primary N) is 1. The van der Waals surface area contributed by atoms with Crippen LogP contribution in [0.4, 0.5) is 13.2 Å². The van der Waals surface area contributed by atoms with Gasteiger partial charge in [-0.25, -0.2) is 0 Å². The highest BCUT2D eigenvalue weighted by Gasteiger charge is 2.35. The van der Waals surface area contributed by atoms with Gasteiger partial charge in [-0.05, 0) is 37.0 Å². The van der Waals surface area contributed by atoms with E-state index >= 15 is 0 Å². The van der Waals surface area contributed by atoms with Gasteiger partial charge in [0.15, 0.2) is 8.69 Å². The average Bonchev–Trinajstić information content (AvgIpc) is 2.70. The van der Waals surface area contributed by atoms with Crippen molar-refractivity contribution in [1.82, 2.24) is 0 Å². The molecule has 5 nitrogen and oxygen atoms in total. The van der Waals surface area contributed by atoms with Crippen LogP contribution in [-0.2, 0) is 21.7 Å². The molecule has 0 saturated carbocycles. The first kappa shape index (κ1) is 26.0. The van der Waals surface area contributed by atoms with E-state index in [-0.39, 0.29) is 31.8 Å². The number of aliphatic hydroxyl groups is 1. The summed E-state index contributed by atoms with van der Waals surface area (Å²) in [5, 5.41) is 9.41. The van der Waals surface area contributed by atoms with E-state index in [0.29, 0.717) is 5.56 Å². The van der Waals surface area contributed by atoms with Crippen LogP contribution < -0.4 is 10.5 Å². The van der Waals surface area contributed by atoms with Crippen molar-refractivity contribution in [2.24, 2.45) is 5.73 Å². The summed E-state index contributed by atoms with van der Waals surface area (Å²) in [5.74, 6) is -0.172. The molecule has 168 valence electrons. The number of rotatable bonds is 15. The molecule has 0 aromatic heterocycles. The zero-order valence-corrected chi connectivity index (χ0v) is 18.1. The number of aliphatic hydroxyl groups excluding tert-OH is 1. The molecule has 1 aromatic carbocycles. The summed E-state index contributed by atoms with van der Waals surface area (Å²) < 4.78 is 61.1. The van der Waals surface area contributed by atoms with Gasteiger partial charge in [-0.1, -0.05) is 45.1 Å². The van der Waals surface area contributed by atoms with Gasteiger partial charge in [0.1, 0.15) is 5.75 Å². The van der Waals surface area contributed by atoms with Gasteiger partial charge >= 0.3 is 6.18 Å².